The standard InChI is InChI=1S/C26H32ClFN8O/c1-4-19-14-35(25-17(3)32-23(12-29-25)24-30-15-31-33-24)16(2)13-36(19)20-7-9-34(10-8-20)26(37)18-5-6-21(27)22(28)11-18/h5-6,11-12,15-16,19-20H,4,7-10,13-14H2,1-3H3,(H,30,31,33)/t16-,19+/m1/s1. The Morgan fingerprint density at radius 2 is 2.00 bits per heavy atom. The number of hydrogen-bond acceptors (Lipinski definition) is 7. The van der Waals surface area contributed by atoms with Crippen LogP contribution < -0.4 is 4.90 Å². The molecule has 1 aromatic carbocycles. The number of rotatable bonds is 5. The summed E-state index contributed by atoms with van der Waals surface area (Å²) in [5.41, 5.74) is 1.87. The number of benzene rings is 1. The number of H-pyrrole nitrogens is 1. The zero-order valence-electron chi connectivity index (χ0n) is 21.4. The smallest absolute Gasteiger partial charge is 0.253 e. The number of aromatic nitrogens is 5. The van der Waals surface area contributed by atoms with Crippen LogP contribution in [-0.4, -0.2) is 85.2 Å². The summed E-state index contributed by atoms with van der Waals surface area (Å²) in [6.45, 7) is 9.55. The zero-order valence-corrected chi connectivity index (χ0v) is 22.1. The van der Waals surface area contributed by atoms with Gasteiger partial charge in [-0.05, 0) is 51.3 Å². The highest BCUT2D eigenvalue weighted by Crippen LogP contribution is 2.30. The first kappa shape index (κ1) is 25.5. The Morgan fingerprint density at radius 1 is 1.22 bits per heavy atom. The molecule has 0 radical (unpaired) electrons. The number of hydrogen-bond donors (Lipinski definition) is 1. The SMILES string of the molecule is CC[C@H]1CN(c2ncc(-c3nc[nH]n3)nc2C)[C@H](C)CN1C1CCN(C(=O)c2ccc(Cl)c(F)c2)CC1. The van der Waals surface area contributed by atoms with Gasteiger partial charge in [-0.3, -0.25) is 14.8 Å². The predicted molar refractivity (Wildman–Crippen MR) is 140 cm³/mol. The molecule has 1 N–H and O–H groups in total. The second-order valence-electron chi connectivity index (χ2n) is 9.90. The minimum Gasteiger partial charge on any atom is -0.350 e. The Morgan fingerprint density at radius 3 is 2.65 bits per heavy atom. The quantitative estimate of drug-likeness (QED) is 0.538. The van der Waals surface area contributed by atoms with Crippen molar-refractivity contribution in [3.05, 3.63) is 52.8 Å². The van der Waals surface area contributed by atoms with Crippen molar-refractivity contribution in [3.8, 4) is 11.5 Å². The first-order chi connectivity index (χ1) is 17.9. The van der Waals surface area contributed by atoms with E-state index in [0.717, 1.165) is 43.9 Å². The lowest BCUT2D eigenvalue weighted by Crippen LogP contribution is -2.62. The first-order valence-electron chi connectivity index (χ1n) is 12.8. The van der Waals surface area contributed by atoms with Crippen molar-refractivity contribution in [1.82, 2.24) is 34.9 Å². The van der Waals surface area contributed by atoms with Gasteiger partial charge >= 0.3 is 0 Å². The number of likely N-dealkylation sites (tertiary alicyclic amines) is 1. The molecule has 0 aliphatic carbocycles. The van der Waals surface area contributed by atoms with Gasteiger partial charge in [-0.1, -0.05) is 18.5 Å². The third kappa shape index (κ3) is 5.17. The van der Waals surface area contributed by atoms with Crippen LogP contribution >= 0.6 is 11.6 Å². The van der Waals surface area contributed by atoms with Crippen LogP contribution in [-0.2, 0) is 0 Å². The molecule has 37 heavy (non-hydrogen) atoms. The van der Waals surface area contributed by atoms with Crippen molar-refractivity contribution >= 4 is 23.3 Å². The molecule has 0 spiro atoms. The molecule has 11 heteroatoms. The van der Waals surface area contributed by atoms with Crippen LogP contribution in [0.1, 0.15) is 49.2 Å². The van der Waals surface area contributed by atoms with E-state index in [1.54, 1.807) is 12.3 Å². The molecule has 2 atom stereocenters. The van der Waals surface area contributed by atoms with E-state index in [4.69, 9.17) is 21.6 Å². The van der Waals surface area contributed by atoms with E-state index >= 15 is 0 Å². The number of halogens is 2. The minimum atomic E-state index is -0.563. The summed E-state index contributed by atoms with van der Waals surface area (Å²) in [5, 5.41) is 6.85. The van der Waals surface area contributed by atoms with Crippen LogP contribution in [0.2, 0.25) is 5.02 Å². The zero-order chi connectivity index (χ0) is 26.1. The van der Waals surface area contributed by atoms with Crippen LogP contribution in [0.3, 0.4) is 0 Å². The first-order valence-corrected chi connectivity index (χ1v) is 13.2. The molecule has 2 aliphatic heterocycles. The van der Waals surface area contributed by atoms with Crippen molar-refractivity contribution in [2.75, 3.05) is 31.1 Å². The fraction of sp³-hybridized carbons (Fsp3) is 0.500. The van der Waals surface area contributed by atoms with Gasteiger partial charge in [0.05, 0.1) is 16.9 Å². The summed E-state index contributed by atoms with van der Waals surface area (Å²) in [4.78, 5) is 33.4. The summed E-state index contributed by atoms with van der Waals surface area (Å²) >= 11 is 5.78. The van der Waals surface area contributed by atoms with Crippen LogP contribution in [0.5, 0.6) is 0 Å². The third-order valence-corrected chi connectivity index (χ3v) is 7.89. The summed E-state index contributed by atoms with van der Waals surface area (Å²) in [7, 11) is 0. The molecule has 2 fully saturated rings. The second-order valence-corrected chi connectivity index (χ2v) is 10.3. The maximum atomic E-state index is 13.9. The van der Waals surface area contributed by atoms with Crippen molar-refractivity contribution in [3.63, 3.8) is 0 Å². The van der Waals surface area contributed by atoms with Gasteiger partial charge in [-0.2, -0.15) is 5.10 Å². The molecule has 5 rings (SSSR count). The number of piperidine rings is 1. The molecule has 4 heterocycles. The number of aryl methyl sites for hydroxylation is 1. The summed E-state index contributed by atoms with van der Waals surface area (Å²) in [6.07, 6.45) is 6.09. The van der Waals surface area contributed by atoms with E-state index in [1.807, 2.05) is 11.8 Å². The molecule has 9 nitrogen and oxygen atoms in total. The van der Waals surface area contributed by atoms with Gasteiger partial charge in [-0.25, -0.2) is 19.3 Å². The maximum Gasteiger partial charge on any atom is 0.253 e. The van der Waals surface area contributed by atoms with E-state index < -0.39 is 5.82 Å². The van der Waals surface area contributed by atoms with Crippen LogP contribution in [0.4, 0.5) is 10.2 Å². The molecule has 196 valence electrons. The molecule has 2 saturated heterocycles. The number of anilines is 1. The van der Waals surface area contributed by atoms with Crippen molar-refractivity contribution in [1.29, 1.82) is 0 Å². The molecular weight excluding hydrogens is 495 g/mol. The van der Waals surface area contributed by atoms with Gasteiger partial charge < -0.3 is 9.80 Å². The van der Waals surface area contributed by atoms with Gasteiger partial charge in [0.2, 0.25) is 5.82 Å². The second kappa shape index (κ2) is 10.7. The lowest BCUT2D eigenvalue weighted by atomic mass is 9.96. The topological polar surface area (TPSA) is 94.1 Å². The Kier molecular flexibility index (Phi) is 7.39. The van der Waals surface area contributed by atoms with E-state index in [1.165, 1.54) is 18.5 Å². The molecule has 0 bridgehead atoms. The Labute approximate surface area is 221 Å². The lowest BCUT2D eigenvalue weighted by Gasteiger charge is -2.50. The number of nitrogens with one attached hydrogen (secondary N) is 1. The van der Waals surface area contributed by atoms with Gasteiger partial charge in [0, 0.05) is 49.9 Å². The van der Waals surface area contributed by atoms with E-state index in [9.17, 15) is 9.18 Å². The van der Waals surface area contributed by atoms with E-state index in [0.29, 0.717) is 42.3 Å². The number of carbonyl (C=O) groups is 1. The average molecular weight is 527 g/mol. The number of aromatic amines is 1. The molecule has 1 amide bonds. The molecule has 3 aromatic rings. The number of carbonyl (C=O) groups excluding carboxylic acids is 1. The van der Waals surface area contributed by atoms with Crippen molar-refractivity contribution in [2.24, 2.45) is 0 Å². The van der Waals surface area contributed by atoms with E-state index in [-0.39, 0.29) is 17.0 Å². The molecular formula is C26H32ClFN8O. The van der Waals surface area contributed by atoms with Gasteiger partial charge in [0.25, 0.3) is 5.91 Å². The highest BCUT2D eigenvalue weighted by Gasteiger charge is 2.37. The highest BCUT2D eigenvalue weighted by atomic mass is 35.5. The van der Waals surface area contributed by atoms with Crippen LogP contribution in [0.25, 0.3) is 11.5 Å². The normalized spacial score (nSPS) is 21.4. The number of piperazine rings is 1. The third-order valence-electron chi connectivity index (χ3n) is 7.58. The fourth-order valence-corrected chi connectivity index (χ4v) is 5.70. The summed E-state index contributed by atoms with van der Waals surface area (Å²) in [5.74, 6) is 0.743. The fourth-order valence-electron chi connectivity index (χ4n) is 5.58. The van der Waals surface area contributed by atoms with E-state index in [2.05, 4.69) is 38.8 Å². The number of nitrogens with zero attached hydrogens (tertiary/aromatic N) is 7. The summed E-state index contributed by atoms with van der Waals surface area (Å²) in [6, 6.07) is 5.31. The van der Waals surface area contributed by atoms with Crippen molar-refractivity contribution < 1.29 is 9.18 Å². The Bertz CT molecular complexity index is 1250. The van der Waals surface area contributed by atoms with Crippen LogP contribution in [0, 0.1) is 12.7 Å². The lowest BCUT2D eigenvalue weighted by molar-refractivity contribution is 0.0434. The highest BCUT2D eigenvalue weighted by molar-refractivity contribution is 6.30. The minimum absolute atomic E-state index is 0.0286. The predicted octanol–water partition coefficient (Wildman–Crippen LogP) is 3.96. The Hall–Kier alpha value is -3.11. The van der Waals surface area contributed by atoms with Gasteiger partial charge in [-0.15, -0.1) is 0 Å². The monoisotopic (exact) mass is 526 g/mol. The van der Waals surface area contributed by atoms with Gasteiger partial charge in [0.1, 0.15) is 23.7 Å². The number of amides is 1. The maximum absolute atomic E-state index is 13.9. The molecule has 2 aromatic heterocycles. The average Bonchev–Trinajstić information content (AvgIpc) is 3.45. The Balaban J connectivity index is 1.24. The molecule has 0 saturated carbocycles. The molecule has 0 unspecified atom stereocenters. The summed E-state index contributed by atoms with van der Waals surface area (Å²) < 4.78 is 13.9. The molecule has 2 aliphatic rings. The van der Waals surface area contributed by atoms with Crippen LogP contribution in [0.15, 0.2) is 30.7 Å². The largest absolute Gasteiger partial charge is 0.350 e. The van der Waals surface area contributed by atoms with Gasteiger partial charge in [0.15, 0.2) is 0 Å². The van der Waals surface area contributed by atoms with Crippen molar-refractivity contribution in [2.45, 2.75) is 58.2 Å².